The molecule has 98 valence electrons. The summed E-state index contributed by atoms with van der Waals surface area (Å²) in [5.74, 6) is -0.828. The molecular weight excluding hydrogens is 281 g/mol. The van der Waals surface area contributed by atoms with Crippen molar-refractivity contribution >= 4 is 30.9 Å². The molecule has 0 aliphatic rings. The first-order valence-corrected chi connectivity index (χ1v) is 6.57. The van der Waals surface area contributed by atoms with Crippen LogP contribution in [-0.2, 0) is 4.57 Å². The number of nitrogens with two attached hydrogens (primary N) is 1. The number of phosphoric ester groups is 1. The zero-order chi connectivity index (χ0) is 14.1. The molecule has 0 radical (unpaired) electrons. The maximum atomic E-state index is 11.8. The van der Waals surface area contributed by atoms with Crippen molar-refractivity contribution in [3.05, 3.63) is 34.9 Å². The van der Waals surface area contributed by atoms with E-state index in [2.05, 4.69) is 11.1 Å². The van der Waals surface area contributed by atoms with Gasteiger partial charge in [-0.25, -0.2) is 4.57 Å². The van der Waals surface area contributed by atoms with E-state index in [9.17, 15) is 9.36 Å². The van der Waals surface area contributed by atoms with Crippen molar-refractivity contribution in [2.45, 2.75) is 6.92 Å². The fourth-order valence-electron chi connectivity index (χ4n) is 1.23. The minimum atomic E-state index is -4.76. The summed E-state index contributed by atoms with van der Waals surface area (Å²) in [4.78, 5) is 29.2. The standard InChI is InChI=1S/C10H11ClNO5P/c1-5(2)10(13)8-6(11)3-4-7(9(8)12)17-18(14,15)16/h3-4H,1,12H2,2H3,(H2,14,15,16). The molecule has 18 heavy (non-hydrogen) atoms. The smallest absolute Gasteiger partial charge is 0.402 e. The van der Waals surface area contributed by atoms with Gasteiger partial charge < -0.3 is 10.3 Å². The summed E-state index contributed by atoms with van der Waals surface area (Å²) in [6.07, 6.45) is 0. The Bertz CT molecular complexity index is 566. The van der Waals surface area contributed by atoms with Gasteiger partial charge in [0.05, 0.1) is 16.3 Å². The zero-order valence-corrected chi connectivity index (χ0v) is 11.0. The number of carbonyl (C=O) groups excluding carboxylic acids is 1. The normalized spacial score (nSPS) is 11.1. The Balaban J connectivity index is 3.36. The minimum absolute atomic E-state index is 0.0542. The molecule has 0 aromatic heterocycles. The van der Waals surface area contributed by atoms with Crippen molar-refractivity contribution in [3.8, 4) is 5.75 Å². The Morgan fingerprint density at radius 3 is 2.50 bits per heavy atom. The van der Waals surface area contributed by atoms with Gasteiger partial charge in [-0.05, 0) is 24.6 Å². The molecule has 0 saturated heterocycles. The van der Waals surface area contributed by atoms with Crippen LogP contribution in [0.4, 0.5) is 5.69 Å². The SMILES string of the molecule is C=C(C)C(=O)c1c(Cl)ccc(OP(=O)(O)O)c1N. The van der Waals surface area contributed by atoms with Crippen molar-refractivity contribution in [3.63, 3.8) is 0 Å². The summed E-state index contributed by atoms with van der Waals surface area (Å²) in [7, 11) is -4.76. The molecule has 1 aromatic rings. The van der Waals surface area contributed by atoms with Gasteiger partial charge >= 0.3 is 7.82 Å². The molecule has 0 heterocycles. The highest BCUT2D eigenvalue weighted by molar-refractivity contribution is 7.46. The van der Waals surface area contributed by atoms with E-state index in [1.54, 1.807) is 0 Å². The number of benzene rings is 1. The molecule has 6 nitrogen and oxygen atoms in total. The van der Waals surface area contributed by atoms with E-state index < -0.39 is 13.6 Å². The van der Waals surface area contributed by atoms with Crippen LogP contribution in [0.25, 0.3) is 0 Å². The monoisotopic (exact) mass is 291 g/mol. The van der Waals surface area contributed by atoms with Crippen LogP contribution in [-0.4, -0.2) is 15.6 Å². The second-order valence-corrected chi connectivity index (χ2v) is 5.10. The topological polar surface area (TPSA) is 110 Å². The molecule has 0 aliphatic heterocycles. The Hall–Kier alpha value is -1.33. The van der Waals surface area contributed by atoms with Gasteiger partial charge in [0.2, 0.25) is 0 Å². The summed E-state index contributed by atoms with van der Waals surface area (Å²) < 4.78 is 15.1. The van der Waals surface area contributed by atoms with Crippen molar-refractivity contribution in [2.75, 3.05) is 5.73 Å². The van der Waals surface area contributed by atoms with E-state index >= 15 is 0 Å². The molecular formula is C10H11ClNO5P. The Kier molecular flexibility index (Phi) is 4.19. The quantitative estimate of drug-likeness (QED) is 0.339. The van der Waals surface area contributed by atoms with Gasteiger partial charge in [-0.15, -0.1) is 0 Å². The third-order valence-corrected chi connectivity index (χ3v) is 2.74. The number of hydrogen-bond donors (Lipinski definition) is 3. The van der Waals surface area contributed by atoms with Crippen molar-refractivity contribution in [2.24, 2.45) is 0 Å². The van der Waals surface area contributed by atoms with Crippen LogP contribution in [0.1, 0.15) is 17.3 Å². The Morgan fingerprint density at radius 2 is 2.06 bits per heavy atom. The molecule has 8 heteroatoms. The van der Waals surface area contributed by atoms with Gasteiger partial charge in [-0.1, -0.05) is 18.2 Å². The summed E-state index contributed by atoms with van der Waals surface area (Å²) >= 11 is 5.82. The maximum Gasteiger partial charge on any atom is 0.524 e. The average Bonchev–Trinajstić information content (AvgIpc) is 2.20. The highest BCUT2D eigenvalue weighted by Gasteiger charge is 2.23. The number of hydrogen-bond acceptors (Lipinski definition) is 4. The number of anilines is 1. The lowest BCUT2D eigenvalue weighted by molar-refractivity contribution is 0.103. The van der Waals surface area contributed by atoms with E-state index in [0.29, 0.717) is 0 Å². The third-order valence-electron chi connectivity index (χ3n) is 1.99. The molecule has 1 aromatic carbocycles. The van der Waals surface area contributed by atoms with Crippen LogP contribution in [0, 0.1) is 0 Å². The fourth-order valence-corrected chi connectivity index (χ4v) is 1.89. The zero-order valence-electron chi connectivity index (χ0n) is 9.38. The van der Waals surface area contributed by atoms with Gasteiger partial charge in [0.1, 0.15) is 0 Å². The molecule has 0 atom stereocenters. The Morgan fingerprint density at radius 1 is 1.50 bits per heavy atom. The number of rotatable bonds is 4. The van der Waals surface area contributed by atoms with E-state index in [1.165, 1.54) is 19.1 Å². The average molecular weight is 292 g/mol. The van der Waals surface area contributed by atoms with Crippen LogP contribution in [0.15, 0.2) is 24.3 Å². The highest BCUT2D eigenvalue weighted by atomic mass is 35.5. The fraction of sp³-hybridized carbons (Fsp3) is 0.100. The van der Waals surface area contributed by atoms with Crippen LogP contribution < -0.4 is 10.3 Å². The van der Waals surface area contributed by atoms with E-state index in [4.69, 9.17) is 27.1 Å². The summed E-state index contributed by atoms with van der Waals surface area (Å²) in [5, 5.41) is 0.0542. The van der Waals surface area contributed by atoms with Crippen molar-refractivity contribution < 1.29 is 23.7 Å². The summed E-state index contributed by atoms with van der Waals surface area (Å²) in [6, 6.07) is 2.44. The first-order valence-electron chi connectivity index (χ1n) is 4.67. The first-order chi connectivity index (χ1) is 8.13. The maximum absolute atomic E-state index is 11.8. The third kappa shape index (κ3) is 3.34. The van der Waals surface area contributed by atoms with Gasteiger partial charge in [0.25, 0.3) is 0 Å². The molecule has 0 spiro atoms. The van der Waals surface area contributed by atoms with E-state index in [1.807, 2.05) is 0 Å². The molecule has 0 aliphatic carbocycles. The second kappa shape index (κ2) is 5.12. The number of nitrogen functional groups attached to an aromatic ring is 1. The largest absolute Gasteiger partial charge is 0.524 e. The molecule has 0 amide bonds. The molecule has 0 fully saturated rings. The molecule has 0 saturated carbocycles. The predicted molar refractivity (Wildman–Crippen MR) is 67.7 cm³/mol. The number of Topliss-reactive ketones (excluding diaryl/α,β-unsaturated/α-hetero) is 1. The molecule has 1 rings (SSSR count). The molecule has 0 bridgehead atoms. The second-order valence-electron chi connectivity index (χ2n) is 3.53. The van der Waals surface area contributed by atoms with Gasteiger partial charge in [0.15, 0.2) is 11.5 Å². The number of carbonyl (C=O) groups is 1. The van der Waals surface area contributed by atoms with Gasteiger partial charge in [-0.2, -0.15) is 0 Å². The lowest BCUT2D eigenvalue weighted by atomic mass is 10.0. The molecule has 0 unspecified atom stereocenters. The summed E-state index contributed by atoms with van der Waals surface area (Å²) in [6.45, 7) is 4.93. The van der Waals surface area contributed by atoms with Crippen LogP contribution in [0.3, 0.4) is 0 Å². The Labute approximate surface area is 108 Å². The van der Waals surface area contributed by atoms with Crippen LogP contribution in [0.5, 0.6) is 5.75 Å². The van der Waals surface area contributed by atoms with E-state index in [-0.39, 0.29) is 27.6 Å². The van der Waals surface area contributed by atoms with Gasteiger partial charge in [-0.3, -0.25) is 14.6 Å². The number of halogens is 1. The van der Waals surface area contributed by atoms with Gasteiger partial charge in [0, 0.05) is 0 Å². The lowest BCUT2D eigenvalue weighted by Gasteiger charge is -2.13. The summed E-state index contributed by atoms with van der Waals surface area (Å²) in [5.41, 5.74) is 5.48. The number of allylic oxidation sites excluding steroid dienone is 1. The highest BCUT2D eigenvalue weighted by Crippen LogP contribution is 2.42. The minimum Gasteiger partial charge on any atom is -0.402 e. The van der Waals surface area contributed by atoms with Crippen LogP contribution in [0.2, 0.25) is 5.02 Å². The van der Waals surface area contributed by atoms with E-state index in [0.717, 1.165) is 0 Å². The van der Waals surface area contributed by atoms with Crippen LogP contribution >= 0.6 is 19.4 Å². The molecule has 4 N–H and O–H groups in total. The van der Waals surface area contributed by atoms with Crippen molar-refractivity contribution in [1.82, 2.24) is 0 Å². The predicted octanol–water partition coefficient (Wildman–Crippen LogP) is 2.15. The first kappa shape index (κ1) is 14.7. The van der Waals surface area contributed by atoms with Crippen molar-refractivity contribution in [1.29, 1.82) is 0 Å². The lowest BCUT2D eigenvalue weighted by Crippen LogP contribution is -2.07. The number of ketones is 1. The number of phosphoric acid groups is 1.